The monoisotopic (exact) mass is 426 g/mol. The molecule has 3 heterocycles. The van der Waals surface area contributed by atoms with E-state index in [9.17, 15) is 13.2 Å². The van der Waals surface area contributed by atoms with Gasteiger partial charge in [-0.15, -0.1) is 0 Å². The number of aryl methyl sites for hydroxylation is 2. The first-order valence-corrected chi connectivity index (χ1v) is 10.8. The summed E-state index contributed by atoms with van der Waals surface area (Å²) >= 11 is 0. The maximum absolute atomic E-state index is 14.6. The lowest BCUT2D eigenvalue weighted by Crippen LogP contribution is -2.26. The van der Waals surface area contributed by atoms with Crippen molar-refractivity contribution in [2.24, 2.45) is 0 Å². The molecule has 0 amide bonds. The average Bonchev–Trinajstić information content (AvgIpc) is 3.41. The molecule has 2 aromatic heterocycles. The number of allylic oxidation sites excluding steroid dienone is 2. The highest BCUT2D eigenvalue weighted by atomic mass is 19.3. The van der Waals surface area contributed by atoms with E-state index in [4.69, 9.17) is 0 Å². The molecule has 0 radical (unpaired) electrons. The highest BCUT2D eigenvalue weighted by Gasteiger charge is 2.25. The van der Waals surface area contributed by atoms with E-state index in [0.717, 1.165) is 47.1 Å². The van der Waals surface area contributed by atoms with Crippen LogP contribution in [0.15, 0.2) is 36.3 Å². The van der Waals surface area contributed by atoms with Crippen LogP contribution >= 0.6 is 0 Å². The Kier molecular flexibility index (Phi) is 5.30. The Balaban J connectivity index is 1.38. The fourth-order valence-electron chi connectivity index (χ4n) is 4.99. The zero-order valence-corrected chi connectivity index (χ0v) is 17.5. The zero-order valence-electron chi connectivity index (χ0n) is 17.5. The number of fused-ring (bicyclic) bond motifs is 2. The second kappa shape index (κ2) is 8.11. The van der Waals surface area contributed by atoms with Crippen LogP contribution in [0.5, 0.6) is 0 Å². The highest BCUT2D eigenvalue weighted by molar-refractivity contribution is 5.78. The fraction of sp³-hybridized carbons (Fsp3) is 0.417. The van der Waals surface area contributed by atoms with Crippen molar-refractivity contribution in [3.63, 3.8) is 0 Å². The molecule has 7 heteroatoms. The van der Waals surface area contributed by atoms with E-state index in [1.165, 1.54) is 11.6 Å². The van der Waals surface area contributed by atoms with Crippen molar-refractivity contribution < 1.29 is 13.2 Å². The van der Waals surface area contributed by atoms with Crippen LogP contribution in [0.3, 0.4) is 0 Å². The van der Waals surface area contributed by atoms with Crippen LogP contribution in [-0.4, -0.2) is 21.1 Å². The number of hydrogen-bond donors (Lipinski definition) is 1. The summed E-state index contributed by atoms with van der Waals surface area (Å²) in [5.74, 6) is -0.716. The first-order chi connectivity index (χ1) is 15.0. The van der Waals surface area contributed by atoms with Gasteiger partial charge in [-0.25, -0.2) is 23.1 Å². The van der Waals surface area contributed by atoms with Crippen LogP contribution in [0, 0.1) is 12.7 Å². The van der Waals surface area contributed by atoms with Crippen molar-refractivity contribution in [2.45, 2.75) is 58.0 Å². The summed E-state index contributed by atoms with van der Waals surface area (Å²) in [6.07, 6.45) is 7.02. The quantitative estimate of drug-likeness (QED) is 0.559. The SMILES string of the molecule is Cc1ncnc2c1ccn2C1C=C(CCc2cc(C(F)F)c(F)c3c2CNCC3)CC1. The van der Waals surface area contributed by atoms with Crippen molar-refractivity contribution in [1.82, 2.24) is 19.9 Å². The van der Waals surface area contributed by atoms with Crippen molar-refractivity contribution in [2.75, 3.05) is 6.54 Å². The lowest BCUT2D eigenvalue weighted by molar-refractivity contribution is 0.146. The minimum absolute atomic E-state index is 0.238. The van der Waals surface area contributed by atoms with Gasteiger partial charge < -0.3 is 9.88 Å². The predicted octanol–water partition coefficient (Wildman–Crippen LogP) is 5.36. The molecule has 0 fully saturated rings. The standard InChI is InChI=1S/C24H25F3N4/c1-14-18-7-9-31(24(18)30-13-29-14)17-5-3-15(10-17)2-4-16-11-20(23(26)27)22(25)19-6-8-28-12-21(16)19/h7,9-11,13,17,23,28H,2-6,8,12H2,1H3. The highest BCUT2D eigenvalue weighted by Crippen LogP contribution is 2.35. The molecule has 1 unspecified atom stereocenters. The Labute approximate surface area is 179 Å². The second-order valence-corrected chi connectivity index (χ2v) is 8.47. The average molecular weight is 426 g/mol. The molecule has 1 aliphatic carbocycles. The minimum atomic E-state index is -2.79. The summed E-state index contributed by atoms with van der Waals surface area (Å²) in [7, 11) is 0. The number of nitrogens with zero attached hydrogens (tertiary/aromatic N) is 3. The Hall–Kier alpha value is -2.67. The van der Waals surface area contributed by atoms with Gasteiger partial charge in [0.05, 0.1) is 17.3 Å². The molecular weight excluding hydrogens is 401 g/mol. The van der Waals surface area contributed by atoms with Gasteiger partial charge >= 0.3 is 0 Å². The molecule has 1 N–H and O–H groups in total. The molecule has 0 bridgehead atoms. The number of hydrogen-bond acceptors (Lipinski definition) is 3. The predicted molar refractivity (Wildman–Crippen MR) is 114 cm³/mol. The van der Waals surface area contributed by atoms with Crippen molar-refractivity contribution in [3.05, 3.63) is 70.1 Å². The topological polar surface area (TPSA) is 42.7 Å². The van der Waals surface area contributed by atoms with Gasteiger partial charge in [-0.1, -0.05) is 11.6 Å². The van der Waals surface area contributed by atoms with Gasteiger partial charge in [-0.3, -0.25) is 0 Å². The lowest BCUT2D eigenvalue weighted by atomic mass is 9.89. The second-order valence-electron chi connectivity index (χ2n) is 8.47. The van der Waals surface area contributed by atoms with Gasteiger partial charge in [0.1, 0.15) is 17.8 Å². The molecule has 2 aliphatic rings. The van der Waals surface area contributed by atoms with Crippen LogP contribution in [0.1, 0.15) is 59.7 Å². The van der Waals surface area contributed by atoms with Gasteiger partial charge in [0.2, 0.25) is 0 Å². The molecule has 0 spiro atoms. The number of benzene rings is 1. The molecule has 31 heavy (non-hydrogen) atoms. The number of nitrogens with one attached hydrogen (secondary N) is 1. The number of rotatable bonds is 5. The number of alkyl halides is 2. The van der Waals surface area contributed by atoms with Gasteiger partial charge in [0.25, 0.3) is 6.43 Å². The number of aromatic nitrogens is 3. The van der Waals surface area contributed by atoms with Crippen LogP contribution in [0.2, 0.25) is 0 Å². The third-order valence-corrected chi connectivity index (χ3v) is 6.66. The van der Waals surface area contributed by atoms with Crippen molar-refractivity contribution in [3.8, 4) is 0 Å². The van der Waals surface area contributed by atoms with Crippen LogP contribution in [0.25, 0.3) is 11.0 Å². The summed E-state index contributed by atoms with van der Waals surface area (Å²) in [6.45, 7) is 3.15. The smallest absolute Gasteiger partial charge is 0.266 e. The molecule has 3 aromatic rings. The summed E-state index contributed by atoms with van der Waals surface area (Å²) in [4.78, 5) is 8.72. The summed E-state index contributed by atoms with van der Waals surface area (Å²) in [5.41, 5.74) is 4.95. The minimum Gasteiger partial charge on any atom is -0.325 e. The van der Waals surface area contributed by atoms with E-state index in [2.05, 4.69) is 38.2 Å². The molecule has 0 saturated carbocycles. The van der Waals surface area contributed by atoms with E-state index >= 15 is 0 Å². The Bertz CT molecular complexity index is 1170. The Morgan fingerprint density at radius 3 is 2.90 bits per heavy atom. The van der Waals surface area contributed by atoms with E-state index < -0.39 is 17.8 Å². The van der Waals surface area contributed by atoms with Gasteiger partial charge in [-0.05, 0) is 74.4 Å². The first-order valence-electron chi connectivity index (χ1n) is 10.8. The Morgan fingerprint density at radius 1 is 1.19 bits per heavy atom. The summed E-state index contributed by atoms with van der Waals surface area (Å²) < 4.78 is 43.6. The van der Waals surface area contributed by atoms with Gasteiger partial charge in [0.15, 0.2) is 0 Å². The van der Waals surface area contributed by atoms with Crippen molar-refractivity contribution in [1.29, 1.82) is 0 Å². The van der Waals surface area contributed by atoms with E-state index in [0.29, 0.717) is 31.5 Å². The molecule has 5 rings (SSSR count). The largest absolute Gasteiger partial charge is 0.325 e. The molecule has 0 saturated heterocycles. The van der Waals surface area contributed by atoms with Crippen molar-refractivity contribution >= 4 is 11.0 Å². The third kappa shape index (κ3) is 3.65. The molecule has 162 valence electrons. The number of halogens is 3. The van der Waals surface area contributed by atoms with Gasteiger partial charge in [-0.2, -0.15) is 0 Å². The zero-order chi connectivity index (χ0) is 21.5. The first kappa shape index (κ1) is 20.2. The molecule has 1 atom stereocenters. The van der Waals surface area contributed by atoms with Crippen LogP contribution in [0.4, 0.5) is 13.2 Å². The summed E-state index contributed by atoms with van der Waals surface area (Å²) in [6, 6.07) is 3.68. The fourth-order valence-corrected chi connectivity index (χ4v) is 4.99. The maximum atomic E-state index is 14.6. The molecular formula is C24H25F3N4. The Morgan fingerprint density at radius 2 is 2.06 bits per heavy atom. The van der Waals surface area contributed by atoms with Gasteiger partial charge in [0, 0.05) is 18.1 Å². The van der Waals surface area contributed by atoms with Crippen LogP contribution < -0.4 is 5.32 Å². The molecule has 4 nitrogen and oxygen atoms in total. The third-order valence-electron chi connectivity index (χ3n) is 6.66. The van der Waals surface area contributed by atoms with E-state index in [1.807, 2.05) is 6.92 Å². The van der Waals surface area contributed by atoms with E-state index in [1.54, 1.807) is 6.33 Å². The maximum Gasteiger partial charge on any atom is 0.266 e. The van der Waals surface area contributed by atoms with E-state index in [-0.39, 0.29) is 6.04 Å². The lowest BCUT2D eigenvalue weighted by Gasteiger charge is -2.23. The molecule has 1 aromatic carbocycles. The molecule has 1 aliphatic heterocycles. The van der Waals surface area contributed by atoms with Crippen LogP contribution in [-0.2, 0) is 19.4 Å². The summed E-state index contributed by atoms with van der Waals surface area (Å²) in [5, 5.41) is 4.31. The normalized spacial score (nSPS) is 18.6.